The molecule has 0 spiro atoms. The van der Waals surface area contributed by atoms with E-state index in [2.05, 4.69) is 23.9 Å². The first kappa shape index (κ1) is 16.4. The van der Waals surface area contributed by atoms with Crippen molar-refractivity contribution in [1.29, 1.82) is 0 Å². The average Bonchev–Trinajstić information content (AvgIpc) is 2.30. The first-order chi connectivity index (χ1) is 9.65. The van der Waals surface area contributed by atoms with Crippen LogP contribution in [0.1, 0.15) is 39.5 Å². The van der Waals surface area contributed by atoms with Crippen molar-refractivity contribution in [3.8, 4) is 0 Å². The molecule has 0 radical (unpaired) electrons. The normalized spacial score (nSPS) is 21.8. The Morgan fingerprint density at radius 3 is 2.62 bits per heavy atom. The van der Waals surface area contributed by atoms with E-state index in [1.807, 2.05) is 6.07 Å². The first-order valence-electron chi connectivity index (χ1n) is 7.19. The van der Waals surface area contributed by atoms with Crippen LogP contribution in [0.25, 0.3) is 0 Å². The van der Waals surface area contributed by atoms with Gasteiger partial charge in [0.1, 0.15) is 0 Å². The lowest BCUT2D eigenvalue weighted by Crippen LogP contribution is -2.31. The molecular weight excluding hydrogens is 308 g/mol. The summed E-state index contributed by atoms with van der Waals surface area (Å²) in [5, 5.41) is 3.91. The molecule has 1 aliphatic carbocycles. The maximum atomic E-state index is 11.2. The minimum absolute atomic E-state index is 0.373. The average molecular weight is 331 g/mol. The Morgan fingerprint density at radius 1 is 1.33 bits per heavy atom. The minimum atomic E-state index is -3.31. The van der Waals surface area contributed by atoms with E-state index in [0.29, 0.717) is 22.2 Å². The Hall–Kier alpha value is -0.940. The van der Waals surface area contributed by atoms with Gasteiger partial charge in [-0.05, 0) is 42.9 Å². The van der Waals surface area contributed by atoms with Gasteiger partial charge < -0.3 is 5.32 Å². The van der Waals surface area contributed by atoms with Gasteiger partial charge in [0.2, 0.25) is 10.0 Å². The molecule has 2 rings (SSSR count). The van der Waals surface area contributed by atoms with Crippen LogP contribution in [0, 0.1) is 5.41 Å². The largest absolute Gasteiger partial charge is 0.382 e. The fourth-order valence-electron chi connectivity index (χ4n) is 2.94. The smallest absolute Gasteiger partial charge is 0.229 e. The maximum absolute atomic E-state index is 11.2. The molecule has 6 heteroatoms. The van der Waals surface area contributed by atoms with Gasteiger partial charge in [-0.15, -0.1) is 0 Å². The van der Waals surface area contributed by atoms with Crippen molar-refractivity contribution in [3.05, 3.63) is 23.2 Å². The van der Waals surface area contributed by atoms with Crippen molar-refractivity contribution < 1.29 is 8.42 Å². The van der Waals surface area contributed by atoms with Crippen molar-refractivity contribution in [3.63, 3.8) is 0 Å². The third kappa shape index (κ3) is 5.08. The van der Waals surface area contributed by atoms with Crippen LogP contribution in [0.3, 0.4) is 0 Å². The van der Waals surface area contributed by atoms with Crippen molar-refractivity contribution in [2.75, 3.05) is 16.3 Å². The molecule has 0 bridgehead atoms. The van der Waals surface area contributed by atoms with Gasteiger partial charge in [-0.3, -0.25) is 4.72 Å². The zero-order valence-electron chi connectivity index (χ0n) is 12.7. The topological polar surface area (TPSA) is 58.2 Å². The molecule has 1 aliphatic rings. The van der Waals surface area contributed by atoms with Gasteiger partial charge in [-0.1, -0.05) is 31.9 Å². The summed E-state index contributed by atoms with van der Waals surface area (Å²) in [6.07, 6.45) is 5.90. The summed E-state index contributed by atoms with van der Waals surface area (Å²) in [4.78, 5) is 0. The molecular formula is C15H23ClN2O2S. The number of hydrogen-bond acceptors (Lipinski definition) is 3. The number of hydrogen-bond donors (Lipinski definition) is 2. The Morgan fingerprint density at radius 2 is 2.05 bits per heavy atom. The maximum Gasteiger partial charge on any atom is 0.229 e. The highest BCUT2D eigenvalue weighted by Crippen LogP contribution is 2.37. The number of sulfonamides is 1. The van der Waals surface area contributed by atoms with E-state index >= 15 is 0 Å². The molecule has 1 unspecified atom stereocenters. The monoisotopic (exact) mass is 330 g/mol. The van der Waals surface area contributed by atoms with Crippen molar-refractivity contribution in [2.24, 2.45) is 5.41 Å². The molecule has 0 aromatic heterocycles. The van der Waals surface area contributed by atoms with E-state index in [0.717, 1.165) is 24.8 Å². The predicted octanol–water partition coefficient (Wildman–Crippen LogP) is 4.09. The second kappa shape index (κ2) is 6.05. The lowest BCUT2D eigenvalue weighted by Gasteiger charge is -2.36. The highest BCUT2D eigenvalue weighted by atomic mass is 35.5. The second-order valence-corrected chi connectivity index (χ2v) is 8.83. The van der Waals surface area contributed by atoms with Crippen LogP contribution < -0.4 is 10.0 Å². The van der Waals surface area contributed by atoms with Crippen LogP contribution in [0.2, 0.25) is 5.02 Å². The Kier molecular flexibility index (Phi) is 4.73. The molecule has 0 heterocycles. The molecule has 1 atom stereocenters. The van der Waals surface area contributed by atoms with E-state index in [9.17, 15) is 8.42 Å². The van der Waals surface area contributed by atoms with Crippen LogP contribution in [0.15, 0.2) is 18.2 Å². The fraction of sp³-hybridized carbons (Fsp3) is 0.600. The molecule has 0 amide bonds. The summed E-state index contributed by atoms with van der Waals surface area (Å²) in [7, 11) is -3.31. The van der Waals surface area contributed by atoms with Crippen molar-refractivity contribution in [1.82, 2.24) is 0 Å². The molecule has 0 saturated heterocycles. The molecule has 118 valence electrons. The Bertz CT molecular complexity index is 614. The second-order valence-electron chi connectivity index (χ2n) is 6.67. The van der Waals surface area contributed by atoms with Gasteiger partial charge in [-0.25, -0.2) is 8.42 Å². The van der Waals surface area contributed by atoms with Crippen LogP contribution in [-0.4, -0.2) is 20.7 Å². The quantitative estimate of drug-likeness (QED) is 0.874. The number of anilines is 2. The molecule has 1 aromatic rings. The summed E-state index contributed by atoms with van der Waals surface area (Å²) in [5.74, 6) is 0. The first-order valence-corrected chi connectivity index (χ1v) is 9.45. The third-order valence-electron chi connectivity index (χ3n) is 3.84. The Labute approximate surface area is 132 Å². The standard InChI is InChI=1S/C15H23ClN2O2S/c1-15(2)8-4-5-12(10-15)17-11-6-7-14(13(16)9-11)18-21(3,19)20/h6-7,9,12,17-18H,4-5,8,10H2,1-3H3. The summed E-state index contributed by atoms with van der Waals surface area (Å²) < 4.78 is 24.9. The Balaban J connectivity index is 2.07. The molecule has 4 nitrogen and oxygen atoms in total. The van der Waals surface area contributed by atoms with Crippen molar-refractivity contribution in [2.45, 2.75) is 45.6 Å². The van der Waals surface area contributed by atoms with E-state index in [1.165, 1.54) is 12.8 Å². The SMILES string of the molecule is CC1(C)CCCC(Nc2ccc(NS(C)(=O)=O)c(Cl)c2)C1. The van der Waals surface area contributed by atoms with Crippen LogP contribution in [0.5, 0.6) is 0 Å². The number of halogens is 1. The van der Waals surface area contributed by atoms with Crippen molar-refractivity contribution >= 4 is 33.0 Å². The third-order valence-corrected chi connectivity index (χ3v) is 4.74. The molecule has 0 aliphatic heterocycles. The molecule has 21 heavy (non-hydrogen) atoms. The molecule has 1 aromatic carbocycles. The lowest BCUT2D eigenvalue weighted by molar-refractivity contribution is 0.229. The number of benzene rings is 1. The van der Waals surface area contributed by atoms with Crippen LogP contribution in [0.4, 0.5) is 11.4 Å². The minimum Gasteiger partial charge on any atom is -0.382 e. The molecule has 2 N–H and O–H groups in total. The van der Waals surface area contributed by atoms with Gasteiger partial charge in [0.25, 0.3) is 0 Å². The molecule has 1 fully saturated rings. The summed E-state index contributed by atoms with van der Waals surface area (Å²) in [6, 6.07) is 5.77. The van der Waals surface area contributed by atoms with E-state index < -0.39 is 10.0 Å². The van der Waals surface area contributed by atoms with Gasteiger partial charge in [0.15, 0.2) is 0 Å². The van der Waals surface area contributed by atoms with Gasteiger partial charge >= 0.3 is 0 Å². The van der Waals surface area contributed by atoms with E-state index in [-0.39, 0.29) is 0 Å². The van der Waals surface area contributed by atoms with Gasteiger partial charge in [0.05, 0.1) is 17.0 Å². The van der Waals surface area contributed by atoms with E-state index in [4.69, 9.17) is 11.6 Å². The highest BCUT2D eigenvalue weighted by molar-refractivity contribution is 7.92. The molecule has 1 saturated carbocycles. The summed E-state index contributed by atoms with van der Waals surface area (Å²) in [5.41, 5.74) is 1.72. The predicted molar refractivity (Wildman–Crippen MR) is 89.6 cm³/mol. The zero-order valence-corrected chi connectivity index (χ0v) is 14.3. The summed E-state index contributed by atoms with van der Waals surface area (Å²) in [6.45, 7) is 4.60. The van der Waals surface area contributed by atoms with Gasteiger partial charge in [0, 0.05) is 11.7 Å². The zero-order chi connectivity index (χ0) is 15.7. The van der Waals surface area contributed by atoms with Gasteiger partial charge in [-0.2, -0.15) is 0 Å². The lowest BCUT2D eigenvalue weighted by atomic mass is 9.75. The fourth-order valence-corrected chi connectivity index (χ4v) is 3.81. The van der Waals surface area contributed by atoms with E-state index in [1.54, 1.807) is 12.1 Å². The highest BCUT2D eigenvalue weighted by Gasteiger charge is 2.27. The van der Waals surface area contributed by atoms with Crippen LogP contribution >= 0.6 is 11.6 Å². The summed E-state index contributed by atoms with van der Waals surface area (Å²) >= 11 is 6.14. The number of rotatable bonds is 4. The van der Waals surface area contributed by atoms with Crippen LogP contribution in [-0.2, 0) is 10.0 Å². The number of nitrogens with one attached hydrogen (secondary N) is 2.